The van der Waals surface area contributed by atoms with Crippen LogP contribution in [0.15, 0.2) is 12.2 Å². The van der Waals surface area contributed by atoms with E-state index in [1.54, 1.807) is 0 Å². The number of rotatable bonds is 3. The van der Waals surface area contributed by atoms with Crippen LogP contribution in [0.5, 0.6) is 0 Å². The third kappa shape index (κ3) is 3.16. The van der Waals surface area contributed by atoms with Crippen LogP contribution < -0.4 is 0 Å². The van der Waals surface area contributed by atoms with Gasteiger partial charge < -0.3 is 4.74 Å². The molecule has 0 aliphatic carbocycles. The first-order valence-electron chi connectivity index (χ1n) is 5.09. The van der Waals surface area contributed by atoms with Crippen molar-refractivity contribution in [2.45, 2.75) is 25.1 Å². The average molecular weight is 259 g/mol. The molecule has 1 heterocycles. The van der Waals surface area contributed by atoms with E-state index in [0.29, 0.717) is 4.90 Å². The number of nitrogens with zero attached hydrogens (tertiary/aromatic N) is 1. The SMILES string of the molecule is C=C(C)C(F)(F)C(N1CCOCC1)C(F)(F)F. The highest BCUT2D eigenvalue weighted by atomic mass is 19.4. The van der Waals surface area contributed by atoms with E-state index >= 15 is 0 Å². The summed E-state index contributed by atoms with van der Waals surface area (Å²) in [5.74, 6) is -3.99. The average Bonchev–Trinajstić information content (AvgIpc) is 2.16. The molecule has 0 aromatic carbocycles. The van der Waals surface area contributed by atoms with E-state index in [2.05, 4.69) is 6.58 Å². The van der Waals surface area contributed by atoms with Gasteiger partial charge in [0.15, 0.2) is 6.04 Å². The van der Waals surface area contributed by atoms with Gasteiger partial charge in [-0.2, -0.15) is 22.0 Å². The lowest BCUT2D eigenvalue weighted by Gasteiger charge is -2.39. The Hall–Kier alpha value is -0.690. The zero-order valence-electron chi connectivity index (χ0n) is 9.36. The van der Waals surface area contributed by atoms with E-state index < -0.39 is 23.7 Å². The van der Waals surface area contributed by atoms with E-state index in [-0.39, 0.29) is 26.3 Å². The monoisotopic (exact) mass is 259 g/mol. The Morgan fingerprint density at radius 1 is 1.18 bits per heavy atom. The van der Waals surface area contributed by atoms with E-state index in [1.807, 2.05) is 0 Å². The molecule has 7 heteroatoms. The van der Waals surface area contributed by atoms with Crippen LogP contribution in [0.25, 0.3) is 0 Å². The third-order valence-electron chi connectivity index (χ3n) is 2.63. The fraction of sp³-hybridized carbons (Fsp3) is 0.800. The van der Waals surface area contributed by atoms with Crippen LogP contribution in [-0.2, 0) is 4.74 Å². The van der Waals surface area contributed by atoms with Gasteiger partial charge in [0.05, 0.1) is 13.2 Å². The zero-order chi connectivity index (χ0) is 13.3. The maximum Gasteiger partial charge on any atom is 0.410 e. The summed E-state index contributed by atoms with van der Waals surface area (Å²) in [4.78, 5) is 0.707. The molecule has 1 saturated heterocycles. The van der Waals surface area contributed by atoms with Crippen molar-refractivity contribution in [1.29, 1.82) is 0 Å². The van der Waals surface area contributed by atoms with Crippen LogP contribution in [-0.4, -0.2) is 49.3 Å². The van der Waals surface area contributed by atoms with Gasteiger partial charge in [-0.15, -0.1) is 0 Å². The van der Waals surface area contributed by atoms with Gasteiger partial charge in [0.25, 0.3) is 5.92 Å². The van der Waals surface area contributed by atoms with Crippen molar-refractivity contribution in [2.75, 3.05) is 26.3 Å². The summed E-state index contributed by atoms with van der Waals surface area (Å²) in [6.07, 6.45) is -5.00. The van der Waals surface area contributed by atoms with Gasteiger partial charge in [-0.1, -0.05) is 6.58 Å². The molecule has 1 aliphatic heterocycles. The van der Waals surface area contributed by atoms with E-state index in [1.165, 1.54) is 0 Å². The molecular formula is C10H14F5NO. The smallest absolute Gasteiger partial charge is 0.379 e. The summed E-state index contributed by atoms with van der Waals surface area (Å²) in [5.41, 5.74) is -0.786. The molecule has 0 saturated carbocycles. The summed E-state index contributed by atoms with van der Waals surface area (Å²) in [6.45, 7) is 3.58. The van der Waals surface area contributed by atoms with Crippen LogP contribution in [0.2, 0.25) is 0 Å². The molecule has 1 aliphatic rings. The zero-order valence-corrected chi connectivity index (χ0v) is 9.36. The molecule has 100 valence electrons. The summed E-state index contributed by atoms with van der Waals surface area (Å²) < 4.78 is 70.3. The molecule has 0 radical (unpaired) electrons. The van der Waals surface area contributed by atoms with Gasteiger partial charge >= 0.3 is 6.18 Å². The highest BCUT2D eigenvalue weighted by molar-refractivity contribution is 5.12. The van der Waals surface area contributed by atoms with Gasteiger partial charge in [-0.3, -0.25) is 4.90 Å². The second-order valence-electron chi connectivity index (χ2n) is 4.00. The van der Waals surface area contributed by atoms with Gasteiger partial charge in [-0.05, 0) is 12.5 Å². The second kappa shape index (κ2) is 4.89. The first kappa shape index (κ1) is 14.4. The van der Waals surface area contributed by atoms with Crippen LogP contribution in [0.4, 0.5) is 22.0 Å². The van der Waals surface area contributed by atoms with Crippen molar-refractivity contribution < 1.29 is 26.7 Å². The molecule has 0 bridgehead atoms. The lowest BCUT2D eigenvalue weighted by Crippen LogP contribution is -2.59. The van der Waals surface area contributed by atoms with Crippen molar-refractivity contribution >= 4 is 0 Å². The summed E-state index contributed by atoms with van der Waals surface area (Å²) >= 11 is 0. The van der Waals surface area contributed by atoms with Crippen molar-refractivity contribution in [2.24, 2.45) is 0 Å². The second-order valence-corrected chi connectivity index (χ2v) is 4.00. The number of hydrogen-bond donors (Lipinski definition) is 0. The van der Waals surface area contributed by atoms with Crippen LogP contribution in [0.1, 0.15) is 6.92 Å². The van der Waals surface area contributed by atoms with Crippen molar-refractivity contribution in [3.05, 3.63) is 12.2 Å². The summed E-state index contributed by atoms with van der Waals surface area (Å²) in [7, 11) is 0. The molecule has 1 rings (SSSR count). The molecule has 17 heavy (non-hydrogen) atoms. The van der Waals surface area contributed by atoms with Crippen molar-refractivity contribution in [3.63, 3.8) is 0 Å². The molecule has 1 fully saturated rings. The minimum Gasteiger partial charge on any atom is -0.379 e. The maximum atomic E-state index is 13.6. The Balaban J connectivity index is 2.99. The molecule has 0 amide bonds. The Morgan fingerprint density at radius 2 is 1.65 bits per heavy atom. The predicted octanol–water partition coefficient (Wildman–Crippen LogP) is 2.46. The predicted molar refractivity (Wildman–Crippen MR) is 52.0 cm³/mol. The molecule has 2 nitrogen and oxygen atoms in total. The number of halogens is 5. The number of hydrogen-bond acceptors (Lipinski definition) is 2. The molecule has 0 spiro atoms. The Labute approximate surface area is 96.0 Å². The highest BCUT2D eigenvalue weighted by Crippen LogP contribution is 2.40. The van der Waals surface area contributed by atoms with Crippen LogP contribution in [0, 0.1) is 0 Å². The summed E-state index contributed by atoms with van der Waals surface area (Å²) in [5, 5.41) is 0. The first-order chi connectivity index (χ1) is 7.67. The molecule has 0 aromatic heterocycles. The largest absolute Gasteiger partial charge is 0.410 e. The minimum atomic E-state index is -5.00. The lowest BCUT2D eigenvalue weighted by molar-refractivity contribution is -0.243. The molecular weight excluding hydrogens is 245 g/mol. The lowest BCUT2D eigenvalue weighted by atomic mass is 10.0. The Bertz CT molecular complexity index is 283. The molecule has 1 unspecified atom stereocenters. The van der Waals surface area contributed by atoms with Gasteiger partial charge in [0.1, 0.15) is 0 Å². The first-order valence-corrected chi connectivity index (χ1v) is 5.09. The molecule has 0 aromatic rings. The van der Waals surface area contributed by atoms with E-state index in [0.717, 1.165) is 6.92 Å². The fourth-order valence-corrected chi connectivity index (χ4v) is 1.71. The maximum absolute atomic E-state index is 13.6. The topological polar surface area (TPSA) is 12.5 Å². The van der Waals surface area contributed by atoms with Crippen LogP contribution in [0.3, 0.4) is 0 Å². The van der Waals surface area contributed by atoms with Crippen molar-refractivity contribution in [3.8, 4) is 0 Å². The molecule has 1 atom stereocenters. The van der Waals surface area contributed by atoms with Gasteiger partial charge in [0, 0.05) is 13.1 Å². The molecule has 0 N–H and O–H groups in total. The quantitative estimate of drug-likeness (QED) is 0.570. The number of ether oxygens (including phenoxy) is 1. The van der Waals surface area contributed by atoms with Crippen molar-refractivity contribution in [1.82, 2.24) is 4.90 Å². The fourth-order valence-electron chi connectivity index (χ4n) is 1.71. The minimum absolute atomic E-state index is 0.0266. The van der Waals surface area contributed by atoms with E-state index in [9.17, 15) is 22.0 Å². The van der Waals surface area contributed by atoms with E-state index in [4.69, 9.17) is 4.74 Å². The normalized spacial score (nSPS) is 21.3. The Kier molecular flexibility index (Phi) is 4.14. The number of morpholine rings is 1. The number of alkyl halides is 5. The third-order valence-corrected chi connectivity index (χ3v) is 2.63. The highest BCUT2D eigenvalue weighted by Gasteiger charge is 2.58. The van der Waals surface area contributed by atoms with Gasteiger partial charge in [0.2, 0.25) is 0 Å². The summed E-state index contributed by atoms with van der Waals surface area (Å²) in [6, 6.07) is -2.82. The van der Waals surface area contributed by atoms with Gasteiger partial charge in [-0.25, -0.2) is 0 Å². The Morgan fingerprint density at radius 3 is 2.00 bits per heavy atom. The standard InChI is InChI=1S/C10H14F5NO/c1-7(2)9(11,12)8(10(13,14)15)16-3-5-17-6-4-16/h8H,1,3-6H2,2H3. The van der Waals surface area contributed by atoms with Crippen LogP contribution >= 0.6 is 0 Å².